The maximum atomic E-state index is 12.8. The minimum Gasteiger partial charge on any atom is -0.352 e. The highest BCUT2D eigenvalue weighted by Gasteiger charge is 2.29. The molecule has 2 aliphatic rings. The Balaban J connectivity index is 1.48. The van der Waals surface area contributed by atoms with Crippen molar-refractivity contribution in [3.8, 4) is 0 Å². The standard InChI is InChI=1S/C19H28BrN3O3S/c1-15-5-7-17(8-6-15)21-19(24)14-22-9-11-23(12-10-22)27(25,26)18-4-2-3-16(20)13-18/h2-4,13,15,17H,5-12,14H2,1H3,(H,21,24). The van der Waals surface area contributed by atoms with Crippen molar-refractivity contribution in [3.05, 3.63) is 28.7 Å². The van der Waals surface area contributed by atoms with Crippen LogP contribution in [0.5, 0.6) is 0 Å². The van der Waals surface area contributed by atoms with Gasteiger partial charge >= 0.3 is 0 Å². The molecule has 150 valence electrons. The molecule has 1 aliphatic carbocycles. The Labute approximate surface area is 170 Å². The second-order valence-electron chi connectivity index (χ2n) is 7.66. The van der Waals surface area contributed by atoms with E-state index in [1.54, 1.807) is 18.2 Å². The normalized spacial score (nSPS) is 25.3. The minimum atomic E-state index is -3.49. The van der Waals surface area contributed by atoms with E-state index in [0.717, 1.165) is 23.2 Å². The summed E-state index contributed by atoms with van der Waals surface area (Å²) in [6.45, 7) is 4.56. The average Bonchev–Trinajstić information content (AvgIpc) is 2.64. The lowest BCUT2D eigenvalue weighted by molar-refractivity contribution is -0.123. The Kier molecular flexibility index (Phi) is 6.94. The van der Waals surface area contributed by atoms with Crippen LogP contribution in [0.1, 0.15) is 32.6 Å². The van der Waals surface area contributed by atoms with Crippen LogP contribution < -0.4 is 5.32 Å². The second kappa shape index (κ2) is 9.03. The number of hydrogen-bond donors (Lipinski definition) is 1. The number of halogens is 1. The highest BCUT2D eigenvalue weighted by molar-refractivity contribution is 9.10. The zero-order chi connectivity index (χ0) is 19.4. The number of sulfonamides is 1. The third kappa shape index (κ3) is 5.53. The highest BCUT2D eigenvalue weighted by atomic mass is 79.9. The van der Waals surface area contributed by atoms with Crippen LogP contribution in [0.15, 0.2) is 33.6 Å². The molecular weight excluding hydrogens is 430 g/mol. The Hall–Kier alpha value is -0.960. The van der Waals surface area contributed by atoms with Gasteiger partial charge in [-0.15, -0.1) is 0 Å². The lowest BCUT2D eigenvalue weighted by Crippen LogP contribution is -2.52. The van der Waals surface area contributed by atoms with Gasteiger partial charge in [0.05, 0.1) is 11.4 Å². The van der Waals surface area contributed by atoms with Crippen molar-refractivity contribution in [1.29, 1.82) is 0 Å². The average molecular weight is 458 g/mol. The number of amides is 1. The molecule has 1 aliphatic heterocycles. The third-order valence-electron chi connectivity index (χ3n) is 5.51. The molecule has 0 unspecified atom stereocenters. The smallest absolute Gasteiger partial charge is 0.243 e. The van der Waals surface area contributed by atoms with Gasteiger partial charge in [-0.3, -0.25) is 9.69 Å². The largest absolute Gasteiger partial charge is 0.352 e. The summed E-state index contributed by atoms with van der Waals surface area (Å²) in [6.07, 6.45) is 4.48. The van der Waals surface area contributed by atoms with Gasteiger partial charge in [-0.1, -0.05) is 28.9 Å². The van der Waals surface area contributed by atoms with E-state index in [-0.39, 0.29) is 5.91 Å². The fourth-order valence-electron chi connectivity index (χ4n) is 3.79. The maximum absolute atomic E-state index is 12.8. The summed E-state index contributed by atoms with van der Waals surface area (Å²) >= 11 is 3.32. The molecule has 1 aromatic rings. The number of hydrogen-bond acceptors (Lipinski definition) is 4. The Morgan fingerprint density at radius 3 is 2.44 bits per heavy atom. The molecule has 1 heterocycles. The molecule has 1 N–H and O–H groups in total. The molecule has 8 heteroatoms. The molecule has 0 aromatic heterocycles. The molecule has 2 fully saturated rings. The number of piperazine rings is 1. The summed E-state index contributed by atoms with van der Waals surface area (Å²) < 4.78 is 27.8. The van der Waals surface area contributed by atoms with Crippen LogP contribution in [-0.2, 0) is 14.8 Å². The van der Waals surface area contributed by atoms with Gasteiger partial charge in [0, 0.05) is 36.7 Å². The number of nitrogens with zero attached hydrogens (tertiary/aromatic N) is 2. The van der Waals surface area contributed by atoms with E-state index in [4.69, 9.17) is 0 Å². The second-order valence-corrected chi connectivity index (χ2v) is 10.5. The van der Waals surface area contributed by atoms with Crippen molar-refractivity contribution in [1.82, 2.24) is 14.5 Å². The SMILES string of the molecule is CC1CCC(NC(=O)CN2CCN(S(=O)(=O)c3cccc(Br)c3)CC2)CC1. The quantitative estimate of drug-likeness (QED) is 0.736. The van der Waals surface area contributed by atoms with Crippen molar-refractivity contribution in [2.45, 2.75) is 43.5 Å². The monoisotopic (exact) mass is 457 g/mol. The van der Waals surface area contributed by atoms with E-state index in [0.29, 0.717) is 43.7 Å². The Morgan fingerprint density at radius 1 is 1.15 bits per heavy atom. The third-order valence-corrected chi connectivity index (χ3v) is 7.90. The molecule has 27 heavy (non-hydrogen) atoms. The molecule has 1 aromatic carbocycles. The van der Waals surface area contributed by atoms with Gasteiger partial charge in [0.25, 0.3) is 0 Å². The lowest BCUT2D eigenvalue weighted by atomic mass is 9.87. The van der Waals surface area contributed by atoms with Gasteiger partial charge in [0.2, 0.25) is 15.9 Å². The summed E-state index contributed by atoms with van der Waals surface area (Å²) in [5, 5.41) is 3.14. The van der Waals surface area contributed by atoms with Crippen molar-refractivity contribution in [2.75, 3.05) is 32.7 Å². The molecule has 1 amide bonds. The van der Waals surface area contributed by atoms with Gasteiger partial charge in [0.1, 0.15) is 0 Å². The first-order valence-electron chi connectivity index (χ1n) is 9.62. The van der Waals surface area contributed by atoms with E-state index < -0.39 is 10.0 Å². The van der Waals surface area contributed by atoms with Crippen molar-refractivity contribution in [2.24, 2.45) is 5.92 Å². The van der Waals surface area contributed by atoms with E-state index in [1.165, 1.54) is 17.1 Å². The number of rotatable bonds is 5. The summed E-state index contributed by atoms with van der Waals surface area (Å²) in [5.41, 5.74) is 0. The van der Waals surface area contributed by atoms with Gasteiger partial charge in [-0.25, -0.2) is 8.42 Å². The van der Waals surface area contributed by atoms with Crippen molar-refractivity contribution in [3.63, 3.8) is 0 Å². The number of carbonyl (C=O) groups is 1. The lowest BCUT2D eigenvalue weighted by Gasteiger charge is -2.34. The van der Waals surface area contributed by atoms with Crippen LogP contribution in [0.25, 0.3) is 0 Å². The predicted octanol–water partition coefficient (Wildman–Crippen LogP) is 2.45. The zero-order valence-corrected chi connectivity index (χ0v) is 18.1. The Bertz CT molecular complexity index is 755. The van der Waals surface area contributed by atoms with Gasteiger partial charge in [0.15, 0.2) is 0 Å². The molecule has 0 bridgehead atoms. The summed E-state index contributed by atoms with van der Waals surface area (Å²) in [5.74, 6) is 0.816. The van der Waals surface area contributed by atoms with Crippen molar-refractivity contribution < 1.29 is 13.2 Å². The number of nitrogens with one attached hydrogen (secondary N) is 1. The van der Waals surface area contributed by atoms with Crippen LogP contribution in [0.3, 0.4) is 0 Å². The fourth-order valence-corrected chi connectivity index (χ4v) is 5.80. The first-order valence-corrected chi connectivity index (χ1v) is 11.9. The topological polar surface area (TPSA) is 69.7 Å². The van der Waals surface area contributed by atoms with E-state index in [2.05, 4.69) is 28.2 Å². The Morgan fingerprint density at radius 2 is 1.81 bits per heavy atom. The number of benzene rings is 1. The summed E-state index contributed by atoms with van der Waals surface area (Å²) in [4.78, 5) is 14.6. The molecule has 1 saturated carbocycles. The van der Waals surface area contributed by atoms with E-state index in [1.807, 2.05) is 11.0 Å². The predicted molar refractivity (Wildman–Crippen MR) is 109 cm³/mol. The first kappa shape index (κ1) is 20.8. The van der Waals surface area contributed by atoms with Crippen LogP contribution >= 0.6 is 15.9 Å². The molecule has 0 spiro atoms. The molecule has 1 saturated heterocycles. The molecule has 0 radical (unpaired) electrons. The number of carbonyl (C=O) groups excluding carboxylic acids is 1. The summed E-state index contributed by atoms with van der Waals surface area (Å²) in [6, 6.07) is 7.07. The van der Waals surface area contributed by atoms with Gasteiger partial charge < -0.3 is 5.32 Å². The van der Waals surface area contributed by atoms with Gasteiger partial charge in [-0.05, 0) is 49.8 Å². The first-order chi connectivity index (χ1) is 12.8. The van der Waals surface area contributed by atoms with E-state index in [9.17, 15) is 13.2 Å². The summed E-state index contributed by atoms with van der Waals surface area (Å²) in [7, 11) is -3.49. The van der Waals surface area contributed by atoms with Crippen molar-refractivity contribution >= 4 is 31.9 Å². The zero-order valence-electron chi connectivity index (χ0n) is 15.7. The minimum absolute atomic E-state index is 0.0536. The van der Waals surface area contributed by atoms with Crippen LogP contribution in [0.4, 0.5) is 0 Å². The molecule has 3 rings (SSSR count). The molecule has 0 atom stereocenters. The molecule has 6 nitrogen and oxygen atoms in total. The van der Waals surface area contributed by atoms with Crippen LogP contribution in [0, 0.1) is 5.92 Å². The fraction of sp³-hybridized carbons (Fsp3) is 0.632. The highest BCUT2D eigenvalue weighted by Crippen LogP contribution is 2.23. The van der Waals surface area contributed by atoms with Crippen LogP contribution in [-0.4, -0.2) is 62.3 Å². The van der Waals surface area contributed by atoms with Gasteiger partial charge in [-0.2, -0.15) is 4.31 Å². The van der Waals surface area contributed by atoms with Crippen LogP contribution in [0.2, 0.25) is 0 Å². The molecular formula is C19H28BrN3O3S. The van der Waals surface area contributed by atoms with E-state index >= 15 is 0 Å². The maximum Gasteiger partial charge on any atom is 0.243 e.